The smallest absolute Gasteiger partial charge is 0.416 e. The van der Waals surface area contributed by atoms with Gasteiger partial charge >= 0.3 is 19.7 Å². The molecule has 0 aromatic heterocycles. The maximum absolute atomic E-state index is 12.5. The van der Waals surface area contributed by atoms with Gasteiger partial charge in [-0.3, -0.25) is 4.79 Å². The van der Waals surface area contributed by atoms with Gasteiger partial charge in [-0.2, -0.15) is 13.2 Å². The van der Waals surface area contributed by atoms with E-state index in [-0.39, 0.29) is 17.7 Å². The maximum Gasteiger partial charge on any atom is 0.416 e. The van der Waals surface area contributed by atoms with Crippen LogP contribution in [0, 0.1) is 6.92 Å². The first-order chi connectivity index (χ1) is 9.92. The number of rotatable bonds is 6. The van der Waals surface area contributed by atoms with Crippen LogP contribution in [0.15, 0.2) is 18.2 Å². The van der Waals surface area contributed by atoms with Crippen molar-refractivity contribution in [2.45, 2.75) is 25.6 Å². The Hall–Kier alpha value is -1.57. The summed E-state index contributed by atoms with van der Waals surface area (Å²) in [5, 5.41) is 8.58. The summed E-state index contributed by atoms with van der Waals surface area (Å²) in [6.07, 6.45) is -5.36. The summed E-state index contributed by atoms with van der Waals surface area (Å²) in [7, 11) is -4.22. The van der Waals surface area contributed by atoms with E-state index >= 15 is 0 Å². The molecular weight excluding hydrogens is 326 g/mol. The molecule has 0 radical (unpaired) electrons. The first-order valence-electron chi connectivity index (χ1n) is 6.10. The molecule has 0 saturated heterocycles. The number of aryl methyl sites for hydroxylation is 1. The van der Waals surface area contributed by atoms with E-state index in [1.807, 2.05) is 0 Å². The lowest BCUT2D eigenvalue weighted by Gasteiger charge is -2.17. The molecular formula is C12H15F3NO5P. The maximum atomic E-state index is 12.5. The predicted octanol–water partition coefficient (Wildman–Crippen LogP) is 2.38. The predicted molar refractivity (Wildman–Crippen MR) is 71.7 cm³/mol. The lowest BCUT2D eigenvalue weighted by atomic mass is 10.1. The first kappa shape index (κ1) is 18.5. The molecule has 0 aliphatic rings. The molecule has 6 nitrogen and oxygen atoms in total. The van der Waals surface area contributed by atoms with E-state index in [1.165, 1.54) is 6.92 Å². The van der Waals surface area contributed by atoms with Crippen LogP contribution in [0.5, 0.6) is 5.75 Å². The van der Waals surface area contributed by atoms with Gasteiger partial charge in [-0.1, -0.05) is 0 Å². The van der Waals surface area contributed by atoms with E-state index in [0.29, 0.717) is 0 Å². The average molecular weight is 341 g/mol. The van der Waals surface area contributed by atoms with Crippen LogP contribution in [-0.4, -0.2) is 28.2 Å². The Bertz CT molecular complexity index is 605. The van der Waals surface area contributed by atoms with Gasteiger partial charge in [-0.25, -0.2) is 4.57 Å². The molecule has 1 rings (SSSR count). The third-order valence-electron chi connectivity index (χ3n) is 2.78. The second-order valence-corrected chi connectivity index (χ2v) is 6.57. The zero-order chi connectivity index (χ0) is 17.1. The van der Waals surface area contributed by atoms with Gasteiger partial charge in [0.25, 0.3) is 0 Å². The van der Waals surface area contributed by atoms with Crippen molar-refractivity contribution in [1.29, 1.82) is 0 Å². The van der Waals surface area contributed by atoms with Crippen LogP contribution in [0.25, 0.3) is 0 Å². The third kappa shape index (κ3) is 5.32. The first-order valence-corrected chi connectivity index (χ1v) is 7.86. The summed E-state index contributed by atoms with van der Waals surface area (Å²) in [6, 6.07) is 1.14. The number of benzene rings is 1. The number of aliphatic carboxylic acids is 1. The number of hydrogen-bond acceptors (Lipinski definition) is 4. The molecule has 0 saturated carbocycles. The van der Waals surface area contributed by atoms with Crippen LogP contribution in [-0.2, 0) is 15.5 Å². The highest BCUT2D eigenvalue weighted by molar-refractivity contribution is 7.53. The topological polar surface area (TPSA) is 110 Å². The van der Waals surface area contributed by atoms with Crippen molar-refractivity contribution in [3.05, 3.63) is 29.3 Å². The molecule has 1 aromatic rings. The molecule has 1 aromatic carbocycles. The molecule has 0 amide bonds. The van der Waals surface area contributed by atoms with Gasteiger partial charge < -0.3 is 20.3 Å². The zero-order valence-electron chi connectivity index (χ0n) is 11.5. The van der Waals surface area contributed by atoms with Crippen LogP contribution in [0.1, 0.15) is 17.5 Å². The van der Waals surface area contributed by atoms with Crippen molar-refractivity contribution < 1.29 is 37.1 Å². The van der Waals surface area contributed by atoms with Crippen LogP contribution in [0.2, 0.25) is 0 Å². The van der Waals surface area contributed by atoms with Crippen molar-refractivity contribution in [2.24, 2.45) is 5.73 Å². The van der Waals surface area contributed by atoms with Crippen LogP contribution < -0.4 is 10.3 Å². The van der Waals surface area contributed by atoms with Gasteiger partial charge in [0.2, 0.25) is 0 Å². The van der Waals surface area contributed by atoms with Gasteiger partial charge in [-0.15, -0.1) is 0 Å². The molecule has 0 bridgehead atoms. The van der Waals surface area contributed by atoms with Crippen molar-refractivity contribution in [3.8, 4) is 5.75 Å². The van der Waals surface area contributed by atoms with Gasteiger partial charge in [0, 0.05) is 0 Å². The number of nitrogens with two attached hydrogens (primary N) is 1. The Morgan fingerprint density at radius 2 is 2.05 bits per heavy atom. The molecule has 22 heavy (non-hydrogen) atoms. The number of alkyl halides is 3. The molecule has 0 aliphatic heterocycles. The average Bonchev–Trinajstić information content (AvgIpc) is 2.37. The number of hydrogen-bond donors (Lipinski definition) is 3. The molecule has 4 N–H and O–H groups in total. The zero-order valence-corrected chi connectivity index (χ0v) is 12.4. The van der Waals surface area contributed by atoms with Crippen molar-refractivity contribution >= 4 is 13.6 Å². The van der Waals surface area contributed by atoms with Crippen molar-refractivity contribution in [3.63, 3.8) is 0 Å². The van der Waals surface area contributed by atoms with E-state index in [1.54, 1.807) is 0 Å². The van der Waals surface area contributed by atoms with Crippen LogP contribution >= 0.6 is 7.60 Å². The summed E-state index contributed by atoms with van der Waals surface area (Å²) in [5.41, 5.74) is 4.33. The fourth-order valence-corrected chi connectivity index (χ4v) is 2.76. The molecule has 0 heterocycles. The van der Waals surface area contributed by atoms with E-state index in [2.05, 4.69) is 0 Å². The van der Waals surface area contributed by atoms with Crippen molar-refractivity contribution in [2.75, 3.05) is 6.16 Å². The Morgan fingerprint density at radius 3 is 2.50 bits per heavy atom. The number of carbonyl (C=O) groups is 1. The Kier molecular flexibility index (Phi) is 5.61. The molecule has 2 unspecified atom stereocenters. The largest absolute Gasteiger partial charge is 0.480 e. The third-order valence-corrected chi connectivity index (χ3v) is 4.09. The van der Waals surface area contributed by atoms with E-state index < -0.39 is 37.5 Å². The van der Waals surface area contributed by atoms with Crippen LogP contribution in [0.3, 0.4) is 0 Å². The molecule has 0 spiro atoms. The number of carboxylic acid groups (broad SMARTS) is 1. The summed E-state index contributed by atoms with van der Waals surface area (Å²) < 4.78 is 54.2. The summed E-state index contributed by atoms with van der Waals surface area (Å²) in [5.74, 6) is -1.51. The van der Waals surface area contributed by atoms with E-state index in [9.17, 15) is 27.4 Å². The summed E-state index contributed by atoms with van der Waals surface area (Å²) in [4.78, 5) is 20.1. The van der Waals surface area contributed by atoms with Crippen molar-refractivity contribution in [1.82, 2.24) is 0 Å². The standard InChI is InChI=1S/C12H15F3NO5P/c1-7-6-8(12(13,14)15)2-3-10(7)21-22(19,20)5-4-9(16)11(17)18/h2-3,6,9H,4-5,16H2,1H3,(H,17,18)(H,19,20). The molecule has 124 valence electrons. The molecule has 2 atom stereocenters. The van der Waals surface area contributed by atoms with Gasteiger partial charge in [-0.05, 0) is 37.1 Å². The molecule has 0 aliphatic carbocycles. The number of halogens is 3. The van der Waals surface area contributed by atoms with Gasteiger partial charge in [0.1, 0.15) is 11.8 Å². The second kappa shape index (κ2) is 6.68. The minimum atomic E-state index is -4.53. The van der Waals surface area contributed by atoms with Gasteiger partial charge in [0.05, 0.1) is 11.7 Å². The van der Waals surface area contributed by atoms with Gasteiger partial charge in [0.15, 0.2) is 0 Å². The minimum absolute atomic E-state index is 0.0339. The highest BCUT2D eigenvalue weighted by Gasteiger charge is 2.31. The summed E-state index contributed by atoms with van der Waals surface area (Å²) in [6.45, 7) is 1.30. The normalized spacial score (nSPS) is 15.9. The van der Waals surface area contributed by atoms with E-state index in [4.69, 9.17) is 15.4 Å². The van der Waals surface area contributed by atoms with Crippen LogP contribution in [0.4, 0.5) is 13.2 Å². The highest BCUT2D eigenvalue weighted by Crippen LogP contribution is 2.45. The highest BCUT2D eigenvalue weighted by atomic mass is 31.2. The Balaban J connectivity index is 2.81. The minimum Gasteiger partial charge on any atom is -0.480 e. The Morgan fingerprint density at radius 1 is 1.45 bits per heavy atom. The second-order valence-electron chi connectivity index (χ2n) is 4.66. The monoisotopic (exact) mass is 341 g/mol. The molecule has 10 heteroatoms. The fourth-order valence-electron chi connectivity index (χ4n) is 1.55. The summed E-state index contributed by atoms with van der Waals surface area (Å²) >= 11 is 0. The molecule has 0 fully saturated rings. The SMILES string of the molecule is Cc1cc(C(F)(F)F)ccc1OP(=O)(O)CCC(N)C(=O)O. The Labute approximate surface area is 124 Å². The quantitative estimate of drug-likeness (QED) is 0.685. The number of carboxylic acids is 1. The lowest BCUT2D eigenvalue weighted by Crippen LogP contribution is -2.31. The lowest BCUT2D eigenvalue weighted by molar-refractivity contribution is -0.139. The van der Waals surface area contributed by atoms with E-state index in [0.717, 1.165) is 18.2 Å². The fraction of sp³-hybridized carbons (Fsp3) is 0.417.